The van der Waals surface area contributed by atoms with Crippen molar-refractivity contribution in [3.8, 4) is 0 Å². The molecule has 2 aromatic heterocycles. The molecule has 4 heteroatoms. The SMILES string of the molecule is Cc1ccc(CC(C)Nc2ccncn2)s1. The molecule has 2 aromatic rings. The smallest absolute Gasteiger partial charge is 0.129 e. The number of hydrogen-bond donors (Lipinski definition) is 1. The van der Waals surface area contributed by atoms with E-state index in [2.05, 4.69) is 41.3 Å². The molecule has 0 bridgehead atoms. The van der Waals surface area contributed by atoms with Crippen LogP contribution in [0.25, 0.3) is 0 Å². The number of nitrogens with one attached hydrogen (secondary N) is 1. The molecule has 0 amide bonds. The van der Waals surface area contributed by atoms with Gasteiger partial charge in [-0.2, -0.15) is 0 Å². The Morgan fingerprint density at radius 2 is 2.25 bits per heavy atom. The lowest BCUT2D eigenvalue weighted by molar-refractivity contribution is 0.793. The van der Waals surface area contributed by atoms with Gasteiger partial charge in [0.1, 0.15) is 12.1 Å². The first kappa shape index (κ1) is 11.1. The Hall–Kier alpha value is -1.42. The fraction of sp³-hybridized carbons (Fsp3) is 0.333. The van der Waals surface area contributed by atoms with Gasteiger partial charge < -0.3 is 5.32 Å². The number of thiophene rings is 1. The summed E-state index contributed by atoms with van der Waals surface area (Å²) in [5.41, 5.74) is 0. The summed E-state index contributed by atoms with van der Waals surface area (Å²) in [4.78, 5) is 10.8. The normalized spacial score (nSPS) is 12.4. The van der Waals surface area contributed by atoms with Crippen LogP contribution in [0.15, 0.2) is 30.7 Å². The summed E-state index contributed by atoms with van der Waals surface area (Å²) in [6.07, 6.45) is 4.34. The van der Waals surface area contributed by atoms with Crippen LogP contribution in [0.5, 0.6) is 0 Å². The van der Waals surface area contributed by atoms with E-state index in [0.29, 0.717) is 6.04 Å². The monoisotopic (exact) mass is 233 g/mol. The van der Waals surface area contributed by atoms with Crippen molar-refractivity contribution in [3.63, 3.8) is 0 Å². The molecule has 84 valence electrons. The Morgan fingerprint density at radius 3 is 2.88 bits per heavy atom. The molecule has 2 heterocycles. The standard InChI is InChI=1S/C12H15N3S/c1-9(7-11-4-3-10(2)16-11)15-12-5-6-13-8-14-12/h3-6,8-9H,7H2,1-2H3,(H,13,14,15). The molecule has 0 fully saturated rings. The summed E-state index contributed by atoms with van der Waals surface area (Å²) in [5, 5.41) is 3.36. The Balaban J connectivity index is 1.92. The third-order valence-corrected chi connectivity index (χ3v) is 3.30. The Labute approximate surface area is 99.6 Å². The number of rotatable bonds is 4. The molecule has 3 nitrogen and oxygen atoms in total. The second kappa shape index (κ2) is 5.07. The van der Waals surface area contributed by atoms with Crippen molar-refractivity contribution in [1.82, 2.24) is 9.97 Å². The van der Waals surface area contributed by atoms with Gasteiger partial charge in [0.25, 0.3) is 0 Å². The van der Waals surface area contributed by atoms with Gasteiger partial charge >= 0.3 is 0 Å². The molecule has 0 aliphatic rings. The minimum absolute atomic E-state index is 0.382. The van der Waals surface area contributed by atoms with Crippen LogP contribution in [0, 0.1) is 6.92 Å². The highest BCUT2D eigenvalue weighted by Gasteiger charge is 2.05. The fourth-order valence-corrected chi connectivity index (χ4v) is 2.60. The largest absolute Gasteiger partial charge is 0.367 e. The van der Waals surface area contributed by atoms with Crippen molar-refractivity contribution < 1.29 is 0 Å². The summed E-state index contributed by atoms with van der Waals surface area (Å²) in [6, 6.07) is 6.62. The van der Waals surface area contributed by atoms with Crippen molar-refractivity contribution in [1.29, 1.82) is 0 Å². The third kappa shape index (κ3) is 3.03. The van der Waals surface area contributed by atoms with Crippen LogP contribution < -0.4 is 5.32 Å². The van der Waals surface area contributed by atoms with Crippen molar-refractivity contribution in [3.05, 3.63) is 40.5 Å². The minimum atomic E-state index is 0.382. The highest BCUT2D eigenvalue weighted by molar-refractivity contribution is 7.11. The first-order valence-electron chi connectivity index (χ1n) is 5.32. The van der Waals surface area contributed by atoms with Gasteiger partial charge in [0.2, 0.25) is 0 Å². The summed E-state index contributed by atoms with van der Waals surface area (Å²) >= 11 is 1.85. The van der Waals surface area contributed by atoms with Crippen LogP contribution in [-0.4, -0.2) is 16.0 Å². The molecule has 1 atom stereocenters. The van der Waals surface area contributed by atoms with Crippen LogP contribution in [0.4, 0.5) is 5.82 Å². The van der Waals surface area contributed by atoms with Crippen molar-refractivity contribution in [2.75, 3.05) is 5.32 Å². The number of hydrogen-bond acceptors (Lipinski definition) is 4. The average molecular weight is 233 g/mol. The molecule has 0 aliphatic carbocycles. The van der Waals surface area contributed by atoms with E-state index in [1.54, 1.807) is 12.5 Å². The summed E-state index contributed by atoms with van der Waals surface area (Å²) in [6.45, 7) is 4.30. The van der Waals surface area contributed by atoms with E-state index in [1.165, 1.54) is 9.75 Å². The molecule has 0 aromatic carbocycles. The summed E-state index contributed by atoms with van der Waals surface area (Å²) < 4.78 is 0. The van der Waals surface area contributed by atoms with Gasteiger partial charge in [-0.3, -0.25) is 0 Å². The lowest BCUT2D eigenvalue weighted by atomic mass is 10.2. The zero-order valence-corrected chi connectivity index (χ0v) is 10.3. The lowest BCUT2D eigenvalue weighted by Gasteiger charge is -2.12. The van der Waals surface area contributed by atoms with Crippen LogP contribution in [0.3, 0.4) is 0 Å². The van der Waals surface area contributed by atoms with Crippen molar-refractivity contribution in [2.45, 2.75) is 26.3 Å². The van der Waals surface area contributed by atoms with Crippen LogP contribution in [0.1, 0.15) is 16.7 Å². The molecule has 0 saturated carbocycles. The maximum atomic E-state index is 4.15. The van der Waals surface area contributed by atoms with E-state index in [1.807, 2.05) is 17.4 Å². The van der Waals surface area contributed by atoms with Crippen molar-refractivity contribution >= 4 is 17.2 Å². The van der Waals surface area contributed by atoms with Gasteiger partial charge in [-0.1, -0.05) is 0 Å². The van der Waals surface area contributed by atoms with Gasteiger partial charge in [-0.25, -0.2) is 9.97 Å². The predicted molar refractivity (Wildman–Crippen MR) is 67.9 cm³/mol. The Bertz CT molecular complexity index is 439. The van der Waals surface area contributed by atoms with Crippen LogP contribution >= 0.6 is 11.3 Å². The number of nitrogens with zero attached hydrogens (tertiary/aromatic N) is 2. The molecule has 2 rings (SSSR count). The zero-order chi connectivity index (χ0) is 11.4. The first-order valence-corrected chi connectivity index (χ1v) is 6.13. The highest BCUT2D eigenvalue weighted by Crippen LogP contribution is 2.17. The predicted octanol–water partition coefficient (Wildman–Crippen LogP) is 2.89. The lowest BCUT2D eigenvalue weighted by Crippen LogP contribution is -2.18. The zero-order valence-electron chi connectivity index (χ0n) is 9.47. The Kier molecular flexibility index (Phi) is 3.51. The molecule has 0 saturated heterocycles. The molecular formula is C12H15N3S. The third-order valence-electron chi connectivity index (χ3n) is 2.28. The van der Waals surface area contributed by atoms with E-state index in [9.17, 15) is 0 Å². The van der Waals surface area contributed by atoms with Gasteiger partial charge in [0.15, 0.2) is 0 Å². The summed E-state index contributed by atoms with van der Waals surface area (Å²) in [5.74, 6) is 0.885. The average Bonchev–Trinajstić information content (AvgIpc) is 2.65. The second-order valence-corrected chi connectivity index (χ2v) is 5.23. The number of aryl methyl sites for hydroxylation is 1. The van der Waals surface area contributed by atoms with E-state index >= 15 is 0 Å². The molecule has 0 aliphatic heterocycles. The van der Waals surface area contributed by atoms with Gasteiger partial charge in [-0.15, -0.1) is 11.3 Å². The van der Waals surface area contributed by atoms with E-state index in [0.717, 1.165) is 12.2 Å². The van der Waals surface area contributed by atoms with Crippen LogP contribution in [-0.2, 0) is 6.42 Å². The van der Waals surface area contributed by atoms with E-state index < -0.39 is 0 Å². The highest BCUT2D eigenvalue weighted by atomic mass is 32.1. The summed E-state index contributed by atoms with van der Waals surface area (Å²) in [7, 11) is 0. The molecule has 0 radical (unpaired) electrons. The maximum Gasteiger partial charge on any atom is 0.129 e. The molecule has 0 spiro atoms. The fourth-order valence-electron chi connectivity index (χ4n) is 1.58. The Morgan fingerprint density at radius 1 is 1.38 bits per heavy atom. The van der Waals surface area contributed by atoms with Gasteiger partial charge in [-0.05, 0) is 32.0 Å². The molecule has 1 unspecified atom stereocenters. The number of aromatic nitrogens is 2. The number of anilines is 1. The van der Waals surface area contributed by atoms with Crippen molar-refractivity contribution in [2.24, 2.45) is 0 Å². The second-order valence-electron chi connectivity index (χ2n) is 3.86. The minimum Gasteiger partial charge on any atom is -0.367 e. The quantitative estimate of drug-likeness (QED) is 0.882. The van der Waals surface area contributed by atoms with Crippen LogP contribution in [0.2, 0.25) is 0 Å². The topological polar surface area (TPSA) is 37.8 Å². The van der Waals surface area contributed by atoms with E-state index in [4.69, 9.17) is 0 Å². The van der Waals surface area contributed by atoms with E-state index in [-0.39, 0.29) is 0 Å². The van der Waals surface area contributed by atoms with Gasteiger partial charge in [0, 0.05) is 28.4 Å². The maximum absolute atomic E-state index is 4.15. The first-order chi connectivity index (χ1) is 7.74. The molecule has 16 heavy (non-hydrogen) atoms. The molecular weight excluding hydrogens is 218 g/mol. The molecule has 1 N–H and O–H groups in total. The van der Waals surface area contributed by atoms with Gasteiger partial charge in [0.05, 0.1) is 0 Å².